The van der Waals surface area contributed by atoms with Crippen LogP contribution >= 0.6 is 12.4 Å². The maximum Gasteiger partial charge on any atom is 0.0469 e. The fourth-order valence-electron chi connectivity index (χ4n) is 2.76. The smallest absolute Gasteiger partial charge is 0.0469 e. The van der Waals surface area contributed by atoms with Crippen molar-refractivity contribution >= 4 is 23.2 Å². The minimum absolute atomic E-state index is 0. The molecule has 0 aromatic heterocycles. The van der Waals surface area contributed by atoms with Crippen LogP contribution in [0.25, 0.3) is 10.8 Å². The summed E-state index contributed by atoms with van der Waals surface area (Å²) >= 11 is 0. The Morgan fingerprint density at radius 1 is 1.00 bits per heavy atom. The van der Waals surface area contributed by atoms with E-state index in [0.29, 0.717) is 5.92 Å². The zero-order chi connectivity index (χ0) is 12.4. The van der Waals surface area contributed by atoms with E-state index in [0.717, 1.165) is 26.1 Å². The van der Waals surface area contributed by atoms with Crippen molar-refractivity contribution < 1.29 is 4.74 Å². The van der Waals surface area contributed by atoms with Crippen LogP contribution in [0.15, 0.2) is 42.5 Å². The molecule has 2 N–H and O–H groups in total. The van der Waals surface area contributed by atoms with Crippen LogP contribution in [0.5, 0.6) is 0 Å². The van der Waals surface area contributed by atoms with Gasteiger partial charge in [-0.3, -0.25) is 0 Å². The number of fused-ring (bicyclic) bond motifs is 1. The van der Waals surface area contributed by atoms with Gasteiger partial charge in [0.05, 0.1) is 0 Å². The third-order valence-electron chi connectivity index (χ3n) is 3.93. The summed E-state index contributed by atoms with van der Waals surface area (Å²) in [6.45, 7) is 1.71. The summed E-state index contributed by atoms with van der Waals surface area (Å²) in [5.41, 5.74) is 7.66. The number of ether oxygens (including phenoxy) is 1. The fraction of sp³-hybridized carbons (Fsp3) is 0.375. The van der Waals surface area contributed by atoms with E-state index in [1.165, 1.54) is 16.3 Å². The summed E-state index contributed by atoms with van der Waals surface area (Å²) in [7, 11) is 0. The van der Waals surface area contributed by atoms with Gasteiger partial charge in [0.2, 0.25) is 0 Å². The molecule has 1 aliphatic rings. The highest BCUT2D eigenvalue weighted by molar-refractivity contribution is 5.85. The lowest BCUT2D eigenvalue weighted by Gasteiger charge is -2.28. The molecule has 2 aromatic carbocycles. The van der Waals surface area contributed by atoms with Gasteiger partial charge >= 0.3 is 0 Å². The average Bonchev–Trinajstić information content (AvgIpc) is 2.47. The first-order valence-corrected chi connectivity index (χ1v) is 6.66. The first kappa shape index (κ1) is 14.3. The molecule has 2 aromatic rings. The molecule has 0 unspecified atom stereocenters. The van der Waals surface area contributed by atoms with Crippen molar-refractivity contribution in [3.63, 3.8) is 0 Å². The molecule has 1 atom stereocenters. The Kier molecular flexibility index (Phi) is 4.81. The molecule has 1 fully saturated rings. The summed E-state index contributed by atoms with van der Waals surface area (Å²) in [5.74, 6) is 0.555. The molecular weight excluding hydrogens is 258 g/mol. The Balaban J connectivity index is 0.00000133. The lowest BCUT2D eigenvalue weighted by molar-refractivity contribution is 0.0584. The minimum atomic E-state index is 0. The number of benzene rings is 2. The normalized spacial score (nSPS) is 17.9. The molecule has 3 heteroatoms. The molecule has 0 spiro atoms. The number of nitrogens with two attached hydrogens (primary N) is 1. The molecule has 2 nitrogen and oxygen atoms in total. The van der Waals surface area contributed by atoms with Gasteiger partial charge in [-0.2, -0.15) is 0 Å². The predicted octanol–water partition coefficient (Wildman–Crippen LogP) is 3.69. The van der Waals surface area contributed by atoms with Gasteiger partial charge in [0.1, 0.15) is 0 Å². The van der Waals surface area contributed by atoms with Crippen molar-refractivity contribution in [3.05, 3.63) is 48.0 Å². The Labute approximate surface area is 120 Å². The molecule has 0 saturated carbocycles. The van der Waals surface area contributed by atoms with Crippen molar-refractivity contribution in [2.45, 2.75) is 18.9 Å². The summed E-state index contributed by atoms with van der Waals surface area (Å²) in [5, 5.41) is 2.55. The fourth-order valence-corrected chi connectivity index (χ4v) is 2.76. The number of rotatable bonds is 2. The standard InChI is InChI=1S/C16H19NO.ClH/c17-16(13-7-9-18-10-8-13)15-6-5-12-3-1-2-4-14(12)11-15;/h1-6,11,13,16H,7-10,17H2;1H/t16-;/m0./s1. The van der Waals surface area contributed by atoms with Crippen molar-refractivity contribution in [3.8, 4) is 0 Å². The van der Waals surface area contributed by atoms with E-state index in [9.17, 15) is 0 Å². The van der Waals surface area contributed by atoms with Crippen molar-refractivity contribution in [2.75, 3.05) is 13.2 Å². The largest absolute Gasteiger partial charge is 0.381 e. The molecule has 1 saturated heterocycles. The van der Waals surface area contributed by atoms with E-state index in [-0.39, 0.29) is 18.4 Å². The van der Waals surface area contributed by atoms with Crippen LogP contribution in [-0.4, -0.2) is 13.2 Å². The quantitative estimate of drug-likeness (QED) is 0.909. The first-order valence-electron chi connectivity index (χ1n) is 6.66. The zero-order valence-corrected chi connectivity index (χ0v) is 11.7. The van der Waals surface area contributed by atoms with Crippen LogP contribution in [-0.2, 0) is 4.74 Å². The Morgan fingerprint density at radius 3 is 2.42 bits per heavy atom. The van der Waals surface area contributed by atoms with Crippen LogP contribution < -0.4 is 5.73 Å². The maximum absolute atomic E-state index is 6.41. The molecule has 102 valence electrons. The maximum atomic E-state index is 6.41. The molecular formula is C16H20ClNO. The van der Waals surface area contributed by atoms with Crippen molar-refractivity contribution in [2.24, 2.45) is 11.7 Å². The van der Waals surface area contributed by atoms with Crippen LogP contribution in [0.3, 0.4) is 0 Å². The second kappa shape index (κ2) is 6.38. The van der Waals surface area contributed by atoms with E-state index in [1.54, 1.807) is 0 Å². The van der Waals surface area contributed by atoms with E-state index >= 15 is 0 Å². The summed E-state index contributed by atoms with van der Waals surface area (Å²) < 4.78 is 5.40. The molecule has 0 bridgehead atoms. The highest BCUT2D eigenvalue weighted by Crippen LogP contribution is 2.29. The van der Waals surface area contributed by atoms with E-state index in [2.05, 4.69) is 42.5 Å². The SMILES string of the molecule is Cl.N[C@H](c1ccc2ccccc2c1)C1CCOCC1. The number of halogens is 1. The zero-order valence-electron chi connectivity index (χ0n) is 10.9. The van der Waals surface area contributed by atoms with E-state index in [1.807, 2.05) is 0 Å². The van der Waals surface area contributed by atoms with Crippen LogP contribution in [0.1, 0.15) is 24.4 Å². The molecule has 0 amide bonds. The lowest BCUT2D eigenvalue weighted by Crippen LogP contribution is -2.27. The van der Waals surface area contributed by atoms with Crippen LogP contribution in [0, 0.1) is 5.92 Å². The third kappa shape index (κ3) is 3.08. The monoisotopic (exact) mass is 277 g/mol. The molecule has 1 aliphatic heterocycles. The van der Waals surface area contributed by atoms with Gasteiger partial charge in [-0.1, -0.05) is 36.4 Å². The predicted molar refractivity (Wildman–Crippen MR) is 81.7 cm³/mol. The minimum Gasteiger partial charge on any atom is -0.381 e. The van der Waals surface area contributed by atoms with Gasteiger partial charge in [0.15, 0.2) is 0 Å². The summed E-state index contributed by atoms with van der Waals surface area (Å²) in [6, 6.07) is 15.1. The van der Waals surface area contributed by atoms with Crippen molar-refractivity contribution in [1.29, 1.82) is 0 Å². The molecule has 1 heterocycles. The van der Waals surface area contributed by atoms with Gasteiger partial charge < -0.3 is 10.5 Å². The van der Waals surface area contributed by atoms with Gasteiger partial charge in [0.25, 0.3) is 0 Å². The Hall–Kier alpha value is -1.09. The average molecular weight is 278 g/mol. The lowest BCUT2D eigenvalue weighted by atomic mass is 9.87. The highest BCUT2D eigenvalue weighted by Gasteiger charge is 2.22. The molecule has 0 radical (unpaired) electrons. The summed E-state index contributed by atoms with van der Waals surface area (Å²) in [4.78, 5) is 0. The third-order valence-corrected chi connectivity index (χ3v) is 3.93. The highest BCUT2D eigenvalue weighted by atomic mass is 35.5. The second-order valence-corrected chi connectivity index (χ2v) is 5.08. The molecule has 0 aliphatic carbocycles. The number of hydrogen-bond donors (Lipinski definition) is 1. The summed E-state index contributed by atoms with van der Waals surface area (Å²) in [6.07, 6.45) is 2.15. The van der Waals surface area contributed by atoms with E-state index < -0.39 is 0 Å². The van der Waals surface area contributed by atoms with Gasteiger partial charge in [0, 0.05) is 19.3 Å². The topological polar surface area (TPSA) is 35.2 Å². The van der Waals surface area contributed by atoms with Crippen LogP contribution in [0.4, 0.5) is 0 Å². The second-order valence-electron chi connectivity index (χ2n) is 5.08. The Morgan fingerprint density at radius 2 is 1.68 bits per heavy atom. The van der Waals surface area contributed by atoms with Gasteiger partial charge in [-0.25, -0.2) is 0 Å². The van der Waals surface area contributed by atoms with Crippen molar-refractivity contribution in [1.82, 2.24) is 0 Å². The molecule has 19 heavy (non-hydrogen) atoms. The van der Waals surface area contributed by atoms with Crippen LogP contribution in [0.2, 0.25) is 0 Å². The Bertz CT molecular complexity index is 537. The van der Waals surface area contributed by atoms with E-state index in [4.69, 9.17) is 10.5 Å². The van der Waals surface area contributed by atoms with Gasteiger partial charge in [-0.05, 0) is 41.2 Å². The number of hydrogen-bond acceptors (Lipinski definition) is 2. The molecule has 3 rings (SSSR count). The van der Waals surface area contributed by atoms with Gasteiger partial charge in [-0.15, -0.1) is 12.4 Å². The first-order chi connectivity index (χ1) is 8.84.